The van der Waals surface area contributed by atoms with Gasteiger partial charge in [0.05, 0.1) is 16.9 Å². The second-order valence-electron chi connectivity index (χ2n) is 10.5. The van der Waals surface area contributed by atoms with Crippen LogP contribution in [0.15, 0.2) is 23.0 Å². The quantitative estimate of drug-likeness (QED) is 0.672. The minimum Gasteiger partial charge on any atom is -0.371 e. The summed E-state index contributed by atoms with van der Waals surface area (Å²) in [4.78, 5) is 23.9. The number of likely N-dealkylation sites (tertiary alicyclic amines) is 1. The molecular formula is C27H43N5O. The summed E-state index contributed by atoms with van der Waals surface area (Å²) in [6, 6.07) is 7.12. The number of aromatic nitrogens is 2. The maximum Gasteiger partial charge on any atom is 0.261 e. The van der Waals surface area contributed by atoms with E-state index in [0.29, 0.717) is 24.4 Å². The van der Waals surface area contributed by atoms with Crippen molar-refractivity contribution in [2.24, 2.45) is 11.8 Å². The van der Waals surface area contributed by atoms with Gasteiger partial charge in [-0.2, -0.15) is 0 Å². The van der Waals surface area contributed by atoms with Crippen LogP contribution >= 0.6 is 0 Å². The molecule has 2 fully saturated rings. The van der Waals surface area contributed by atoms with E-state index in [2.05, 4.69) is 61.0 Å². The maximum absolute atomic E-state index is 13.7. The number of hydrogen-bond acceptors (Lipinski definition) is 5. The van der Waals surface area contributed by atoms with Crippen molar-refractivity contribution < 1.29 is 0 Å². The summed E-state index contributed by atoms with van der Waals surface area (Å²) in [5, 5.41) is 4.15. The molecule has 4 rings (SSSR count). The molecule has 0 saturated carbocycles. The van der Waals surface area contributed by atoms with Gasteiger partial charge in [0.1, 0.15) is 5.82 Å². The average molecular weight is 454 g/mol. The third-order valence-corrected chi connectivity index (χ3v) is 7.75. The largest absolute Gasteiger partial charge is 0.371 e. The Morgan fingerprint density at radius 3 is 2.42 bits per heavy atom. The first-order chi connectivity index (χ1) is 15.9. The molecule has 3 atom stereocenters. The zero-order valence-electron chi connectivity index (χ0n) is 21.3. The van der Waals surface area contributed by atoms with E-state index in [-0.39, 0.29) is 11.6 Å². The molecule has 1 aromatic heterocycles. The van der Waals surface area contributed by atoms with Crippen LogP contribution in [0.1, 0.15) is 71.7 Å². The molecule has 6 nitrogen and oxygen atoms in total. The summed E-state index contributed by atoms with van der Waals surface area (Å²) >= 11 is 0. The molecule has 0 spiro atoms. The van der Waals surface area contributed by atoms with Crippen molar-refractivity contribution >= 4 is 16.6 Å². The number of rotatable bonds is 7. The van der Waals surface area contributed by atoms with E-state index in [9.17, 15) is 4.79 Å². The van der Waals surface area contributed by atoms with Gasteiger partial charge in [0.2, 0.25) is 0 Å². The fraction of sp³-hybridized carbons (Fsp3) is 0.704. The van der Waals surface area contributed by atoms with E-state index in [1.165, 1.54) is 6.42 Å². The lowest BCUT2D eigenvalue weighted by molar-refractivity contribution is 0.0836. The van der Waals surface area contributed by atoms with Gasteiger partial charge >= 0.3 is 0 Å². The topological polar surface area (TPSA) is 53.4 Å². The monoisotopic (exact) mass is 453 g/mol. The van der Waals surface area contributed by atoms with Crippen LogP contribution in [0.5, 0.6) is 0 Å². The molecule has 1 unspecified atom stereocenters. The first kappa shape index (κ1) is 24.2. The summed E-state index contributed by atoms with van der Waals surface area (Å²) in [6.45, 7) is 13.9. The second-order valence-corrected chi connectivity index (χ2v) is 10.5. The number of hydrogen-bond donors (Lipinski definition) is 1. The van der Waals surface area contributed by atoms with Gasteiger partial charge in [-0.25, -0.2) is 4.98 Å². The minimum absolute atomic E-state index is 0.115. The Morgan fingerprint density at radius 1 is 1.12 bits per heavy atom. The zero-order chi connectivity index (χ0) is 23.5. The Morgan fingerprint density at radius 2 is 1.82 bits per heavy atom. The number of fused-ring (bicyclic) bond motifs is 1. The van der Waals surface area contributed by atoms with Crippen molar-refractivity contribution in [2.75, 3.05) is 38.1 Å². The number of anilines is 1. The Hall–Kier alpha value is -1.92. The summed E-state index contributed by atoms with van der Waals surface area (Å²) in [6.07, 6.45) is 5.68. The first-order valence-electron chi connectivity index (χ1n) is 13.2. The molecule has 6 heteroatoms. The molecule has 0 amide bonds. The van der Waals surface area contributed by atoms with Crippen molar-refractivity contribution in [2.45, 2.75) is 78.4 Å². The van der Waals surface area contributed by atoms with Gasteiger partial charge in [-0.05, 0) is 69.7 Å². The molecule has 33 heavy (non-hydrogen) atoms. The lowest BCUT2D eigenvalue weighted by Crippen LogP contribution is -2.43. The van der Waals surface area contributed by atoms with Crippen LogP contribution in [0, 0.1) is 11.8 Å². The van der Waals surface area contributed by atoms with Crippen molar-refractivity contribution in [3.63, 3.8) is 0 Å². The van der Waals surface area contributed by atoms with Crippen molar-refractivity contribution in [3.05, 3.63) is 34.4 Å². The Balaban J connectivity index is 1.71. The normalized spacial score (nSPS) is 23.8. The number of piperidine rings is 2. The van der Waals surface area contributed by atoms with Crippen molar-refractivity contribution in [1.82, 2.24) is 19.8 Å². The third-order valence-electron chi connectivity index (χ3n) is 7.75. The number of nitrogens with zero attached hydrogens (tertiary/aromatic N) is 4. The van der Waals surface area contributed by atoms with Crippen molar-refractivity contribution in [3.8, 4) is 0 Å². The van der Waals surface area contributed by atoms with Crippen LogP contribution in [-0.2, 0) is 6.54 Å². The van der Waals surface area contributed by atoms with E-state index >= 15 is 0 Å². The Labute approximate surface area is 199 Å². The molecule has 2 aliphatic rings. The summed E-state index contributed by atoms with van der Waals surface area (Å²) in [5.41, 5.74) is 2.10. The smallest absolute Gasteiger partial charge is 0.261 e. The summed E-state index contributed by atoms with van der Waals surface area (Å²) < 4.78 is 1.95. The fourth-order valence-electron chi connectivity index (χ4n) is 6.12. The SMILES string of the molecule is CCCC(c1nc2ccc(N3CCC(NC)CC3)cc2c(=O)n1CC)N1C[C@H](C)C[C@H](C)C1. The van der Waals surface area contributed by atoms with Gasteiger partial charge in [-0.1, -0.05) is 27.2 Å². The summed E-state index contributed by atoms with van der Waals surface area (Å²) in [5.74, 6) is 2.33. The third kappa shape index (κ3) is 5.12. The standard InChI is InChI=1S/C27H43N5O/c1-6-8-25(31-17-19(3)15-20(4)18-31)26-29-24-10-9-22(16-23(24)27(33)32(26)7-2)30-13-11-21(28-5)12-14-30/h9-10,16,19-21,25,28H,6-8,11-15,17-18H2,1-5H3/t19-,20+,25?. The highest BCUT2D eigenvalue weighted by Gasteiger charge is 2.31. The number of nitrogens with one attached hydrogen (secondary N) is 1. The first-order valence-corrected chi connectivity index (χ1v) is 13.2. The Bertz CT molecular complexity index is 984. The lowest BCUT2D eigenvalue weighted by Gasteiger charge is -2.40. The van der Waals surface area contributed by atoms with Crippen LogP contribution < -0.4 is 15.8 Å². The maximum atomic E-state index is 13.7. The molecule has 2 aliphatic heterocycles. The molecule has 1 N–H and O–H groups in total. The van der Waals surface area contributed by atoms with Crippen LogP contribution in [0.2, 0.25) is 0 Å². The highest BCUT2D eigenvalue weighted by molar-refractivity contribution is 5.82. The van der Waals surface area contributed by atoms with Crippen LogP contribution in [0.3, 0.4) is 0 Å². The summed E-state index contributed by atoms with van der Waals surface area (Å²) in [7, 11) is 2.05. The lowest BCUT2D eigenvalue weighted by atomic mass is 9.90. The van der Waals surface area contributed by atoms with Gasteiger partial charge in [0, 0.05) is 44.5 Å². The van der Waals surface area contributed by atoms with Crippen LogP contribution in [0.25, 0.3) is 10.9 Å². The second kappa shape index (κ2) is 10.6. The van der Waals surface area contributed by atoms with E-state index in [0.717, 1.165) is 74.3 Å². The predicted molar refractivity (Wildman–Crippen MR) is 138 cm³/mol. The molecule has 182 valence electrons. The predicted octanol–water partition coefficient (Wildman–Crippen LogP) is 4.42. The van der Waals surface area contributed by atoms with Gasteiger partial charge in [-0.15, -0.1) is 0 Å². The average Bonchev–Trinajstić information content (AvgIpc) is 2.81. The molecule has 0 aliphatic carbocycles. The molecule has 0 radical (unpaired) electrons. The molecule has 2 saturated heterocycles. The van der Waals surface area contributed by atoms with E-state index < -0.39 is 0 Å². The molecular weight excluding hydrogens is 410 g/mol. The van der Waals surface area contributed by atoms with E-state index in [1.807, 2.05) is 11.6 Å². The van der Waals surface area contributed by atoms with Gasteiger partial charge in [0.15, 0.2) is 0 Å². The highest BCUT2D eigenvalue weighted by Crippen LogP contribution is 2.32. The zero-order valence-corrected chi connectivity index (χ0v) is 21.3. The van der Waals surface area contributed by atoms with Gasteiger partial charge in [0.25, 0.3) is 5.56 Å². The highest BCUT2D eigenvalue weighted by atomic mass is 16.1. The van der Waals surface area contributed by atoms with E-state index in [4.69, 9.17) is 4.98 Å². The molecule has 2 aromatic rings. The number of benzene rings is 1. The minimum atomic E-state index is 0.115. The molecule has 0 bridgehead atoms. The van der Waals surface area contributed by atoms with Crippen LogP contribution in [-0.4, -0.2) is 53.7 Å². The molecule has 3 heterocycles. The van der Waals surface area contributed by atoms with Crippen LogP contribution in [0.4, 0.5) is 5.69 Å². The molecule has 1 aromatic carbocycles. The van der Waals surface area contributed by atoms with Gasteiger partial charge in [-0.3, -0.25) is 14.3 Å². The Kier molecular flexibility index (Phi) is 7.75. The van der Waals surface area contributed by atoms with Gasteiger partial charge < -0.3 is 10.2 Å². The van der Waals surface area contributed by atoms with Crippen molar-refractivity contribution in [1.29, 1.82) is 0 Å². The van der Waals surface area contributed by atoms with E-state index in [1.54, 1.807) is 0 Å². The fourth-order valence-corrected chi connectivity index (χ4v) is 6.12.